The van der Waals surface area contributed by atoms with Crippen molar-refractivity contribution >= 4 is 31.5 Å². The number of hydrogen-bond donors (Lipinski definition) is 1. The summed E-state index contributed by atoms with van der Waals surface area (Å²) in [7, 11) is -4.72. The van der Waals surface area contributed by atoms with Gasteiger partial charge in [-0.3, -0.25) is 4.79 Å². The minimum atomic E-state index is -3.55. The third-order valence-corrected chi connectivity index (χ3v) is 8.51. The standard InChI is InChI=1S/C16H23N3O5S2/c1-18-7-9-19(10-8-18)26(23,24)15-4-2-14(3-5-15)17-16(20)13-6-11-25(21,22)12-13/h2-5,13H,6-12H2,1H3,(H,17,20). The van der Waals surface area contributed by atoms with E-state index in [4.69, 9.17) is 0 Å². The van der Waals surface area contributed by atoms with E-state index in [1.165, 1.54) is 28.6 Å². The third-order valence-electron chi connectivity index (χ3n) is 4.83. The van der Waals surface area contributed by atoms with E-state index in [1.807, 2.05) is 7.05 Å². The quantitative estimate of drug-likeness (QED) is 0.761. The number of nitrogens with zero attached hydrogens (tertiary/aromatic N) is 2. The normalized spacial score (nSPS) is 24.4. The summed E-state index contributed by atoms with van der Waals surface area (Å²) < 4.78 is 49.7. The zero-order chi connectivity index (χ0) is 18.9. The summed E-state index contributed by atoms with van der Waals surface area (Å²) in [6, 6.07) is 6.00. The first-order valence-corrected chi connectivity index (χ1v) is 11.7. The lowest BCUT2D eigenvalue weighted by Gasteiger charge is -2.31. The Morgan fingerprint density at radius 1 is 1.12 bits per heavy atom. The van der Waals surface area contributed by atoms with Gasteiger partial charge in [-0.2, -0.15) is 4.31 Å². The molecule has 144 valence electrons. The topological polar surface area (TPSA) is 104 Å². The van der Waals surface area contributed by atoms with Gasteiger partial charge < -0.3 is 10.2 Å². The molecule has 1 atom stereocenters. The Labute approximate surface area is 154 Å². The van der Waals surface area contributed by atoms with E-state index >= 15 is 0 Å². The molecule has 26 heavy (non-hydrogen) atoms. The highest BCUT2D eigenvalue weighted by atomic mass is 32.2. The summed E-state index contributed by atoms with van der Waals surface area (Å²) in [6.45, 7) is 2.29. The molecule has 1 aromatic rings. The van der Waals surface area contributed by atoms with Crippen LogP contribution in [0.2, 0.25) is 0 Å². The summed E-state index contributed by atoms with van der Waals surface area (Å²) in [5.74, 6) is -0.989. The lowest BCUT2D eigenvalue weighted by molar-refractivity contribution is -0.119. The zero-order valence-electron chi connectivity index (χ0n) is 14.6. The number of rotatable bonds is 4. The molecule has 0 aliphatic carbocycles. The smallest absolute Gasteiger partial charge is 0.243 e. The Kier molecular flexibility index (Phi) is 5.38. The number of anilines is 1. The summed E-state index contributed by atoms with van der Waals surface area (Å²) in [5.41, 5.74) is 0.455. The van der Waals surface area contributed by atoms with Crippen molar-refractivity contribution in [3.05, 3.63) is 24.3 Å². The number of sulfonamides is 1. The van der Waals surface area contributed by atoms with Crippen molar-refractivity contribution in [2.24, 2.45) is 5.92 Å². The van der Waals surface area contributed by atoms with Gasteiger partial charge >= 0.3 is 0 Å². The van der Waals surface area contributed by atoms with Gasteiger partial charge in [0.1, 0.15) is 0 Å². The maximum Gasteiger partial charge on any atom is 0.243 e. The highest BCUT2D eigenvalue weighted by Crippen LogP contribution is 2.22. The Morgan fingerprint density at radius 3 is 2.27 bits per heavy atom. The SMILES string of the molecule is CN1CCN(S(=O)(=O)c2ccc(NC(=O)C3CCS(=O)(=O)C3)cc2)CC1. The van der Waals surface area contributed by atoms with Gasteiger partial charge in [0.15, 0.2) is 9.84 Å². The second-order valence-electron chi connectivity index (χ2n) is 6.82. The lowest BCUT2D eigenvalue weighted by atomic mass is 10.1. The highest BCUT2D eigenvalue weighted by molar-refractivity contribution is 7.91. The summed E-state index contributed by atoms with van der Waals surface area (Å²) in [5, 5.41) is 2.67. The van der Waals surface area contributed by atoms with Crippen LogP contribution >= 0.6 is 0 Å². The molecule has 0 aromatic heterocycles. The van der Waals surface area contributed by atoms with E-state index < -0.39 is 25.8 Å². The van der Waals surface area contributed by atoms with Gasteiger partial charge in [0, 0.05) is 31.9 Å². The van der Waals surface area contributed by atoms with Crippen molar-refractivity contribution in [2.45, 2.75) is 11.3 Å². The molecule has 2 heterocycles. The van der Waals surface area contributed by atoms with Crippen LogP contribution in [0.3, 0.4) is 0 Å². The number of piperazine rings is 1. The molecule has 0 saturated carbocycles. The Balaban J connectivity index is 1.66. The van der Waals surface area contributed by atoms with Gasteiger partial charge in [0.25, 0.3) is 0 Å². The summed E-state index contributed by atoms with van der Waals surface area (Å²) in [4.78, 5) is 14.4. The Bertz CT molecular complexity index is 873. The number of benzene rings is 1. The average Bonchev–Trinajstić information content (AvgIpc) is 2.96. The molecule has 1 aromatic carbocycles. The molecule has 1 N–H and O–H groups in total. The second-order valence-corrected chi connectivity index (χ2v) is 11.0. The number of nitrogens with one attached hydrogen (secondary N) is 1. The first-order chi connectivity index (χ1) is 12.2. The number of carbonyl (C=O) groups excluding carboxylic acids is 1. The molecule has 1 unspecified atom stereocenters. The van der Waals surface area contributed by atoms with Crippen LogP contribution < -0.4 is 5.32 Å². The predicted molar refractivity (Wildman–Crippen MR) is 98.1 cm³/mol. The van der Waals surface area contributed by atoms with Crippen molar-refractivity contribution in [3.63, 3.8) is 0 Å². The zero-order valence-corrected chi connectivity index (χ0v) is 16.2. The van der Waals surface area contributed by atoms with E-state index in [9.17, 15) is 21.6 Å². The fraction of sp³-hybridized carbons (Fsp3) is 0.562. The first kappa shape index (κ1) is 19.3. The fourth-order valence-corrected chi connectivity index (χ4v) is 6.30. The van der Waals surface area contributed by atoms with Crippen molar-refractivity contribution in [1.29, 1.82) is 0 Å². The molecule has 2 saturated heterocycles. The van der Waals surface area contributed by atoms with Crippen molar-refractivity contribution < 1.29 is 21.6 Å². The minimum absolute atomic E-state index is 0.0350. The van der Waals surface area contributed by atoms with E-state index in [0.29, 0.717) is 38.3 Å². The molecule has 0 spiro atoms. The maximum absolute atomic E-state index is 12.7. The van der Waals surface area contributed by atoms with Crippen LogP contribution in [0, 0.1) is 5.92 Å². The van der Waals surface area contributed by atoms with Gasteiger partial charge in [-0.1, -0.05) is 0 Å². The lowest BCUT2D eigenvalue weighted by Crippen LogP contribution is -2.46. The van der Waals surface area contributed by atoms with Gasteiger partial charge in [-0.25, -0.2) is 16.8 Å². The van der Waals surface area contributed by atoms with Crippen molar-refractivity contribution in [3.8, 4) is 0 Å². The van der Waals surface area contributed by atoms with Gasteiger partial charge in [-0.05, 0) is 37.7 Å². The molecule has 2 aliphatic rings. The number of amides is 1. The van der Waals surface area contributed by atoms with E-state index in [0.717, 1.165) is 0 Å². The molecule has 8 nitrogen and oxygen atoms in total. The first-order valence-electron chi connectivity index (χ1n) is 8.47. The monoisotopic (exact) mass is 401 g/mol. The third kappa shape index (κ3) is 4.25. The van der Waals surface area contributed by atoms with Crippen LogP contribution in [-0.2, 0) is 24.7 Å². The van der Waals surface area contributed by atoms with Crippen molar-refractivity contribution in [2.75, 3.05) is 50.0 Å². The van der Waals surface area contributed by atoms with Crippen LogP contribution in [0.4, 0.5) is 5.69 Å². The van der Waals surface area contributed by atoms with Gasteiger partial charge in [0.2, 0.25) is 15.9 Å². The minimum Gasteiger partial charge on any atom is -0.326 e. The van der Waals surface area contributed by atoms with Crippen LogP contribution in [-0.4, -0.2) is 76.7 Å². The van der Waals surface area contributed by atoms with E-state index in [2.05, 4.69) is 10.2 Å². The molecular formula is C16H23N3O5S2. The van der Waals surface area contributed by atoms with Crippen LogP contribution in [0.5, 0.6) is 0 Å². The van der Waals surface area contributed by atoms with E-state index in [-0.39, 0.29) is 22.3 Å². The number of carbonyl (C=O) groups is 1. The predicted octanol–water partition coefficient (Wildman–Crippen LogP) is -0.00410. The molecule has 0 radical (unpaired) electrons. The summed E-state index contributed by atoms with van der Waals surface area (Å²) >= 11 is 0. The van der Waals surface area contributed by atoms with Crippen LogP contribution in [0.15, 0.2) is 29.2 Å². The Morgan fingerprint density at radius 2 is 1.73 bits per heavy atom. The molecule has 0 bridgehead atoms. The molecular weight excluding hydrogens is 378 g/mol. The average molecular weight is 402 g/mol. The number of likely N-dealkylation sites (N-methyl/N-ethyl adjacent to an activating group) is 1. The van der Waals surface area contributed by atoms with Crippen molar-refractivity contribution in [1.82, 2.24) is 9.21 Å². The van der Waals surface area contributed by atoms with Crippen LogP contribution in [0.1, 0.15) is 6.42 Å². The van der Waals surface area contributed by atoms with E-state index in [1.54, 1.807) is 0 Å². The molecule has 2 fully saturated rings. The summed E-state index contributed by atoms with van der Waals surface area (Å²) in [6.07, 6.45) is 0.323. The van der Waals surface area contributed by atoms with Crippen LogP contribution in [0.25, 0.3) is 0 Å². The number of hydrogen-bond acceptors (Lipinski definition) is 6. The van der Waals surface area contributed by atoms with Gasteiger partial charge in [-0.15, -0.1) is 0 Å². The molecule has 3 rings (SSSR count). The molecule has 10 heteroatoms. The molecule has 1 amide bonds. The second kappa shape index (κ2) is 7.26. The Hall–Kier alpha value is -1.49. The number of sulfone groups is 1. The highest BCUT2D eigenvalue weighted by Gasteiger charge is 2.33. The molecule has 2 aliphatic heterocycles. The largest absolute Gasteiger partial charge is 0.326 e. The fourth-order valence-electron chi connectivity index (χ4n) is 3.13. The maximum atomic E-state index is 12.7. The van der Waals surface area contributed by atoms with Gasteiger partial charge in [0.05, 0.1) is 22.3 Å².